The molecule has 1 fully saturated rings. The summed E-state index contributed by atoms with van der Waals surface area (Å²) in [5, 5.41) is 2.88. The van der Waals surface area contributed by atoms with Crippen molar-refractivity contribution in [2.45, 2.75) is 19.8 Å². The van der Waals surface area contributed by atoms with Crippen LogP contribution in [0.2, 0.25) is 0 Å². The normalized spacial score (nSPS) is 14.3. The molecule has 0 bridgehead atoms. The second kappa shape index (κ2) is 8.57. The van der Waals surface area contributed by atoms with Crippen molar-refractivity contribution in [3.63, 3.8) is 0 Å². The fourth-order valence-electron chi connectivity index (χ4n) is 3.80. The van der Waals surface area contributed by atoms with E-state index < -0.39 is 0 Å². The lowest BCUT2D eigenvalue weighted by Gasteiger charge is -2.37. The van der Waals surface area contributed by atoms with Crippen molar-refractivity contribution in [3.05, 3.63) is 54.1 Å². The summed E-state index contributed by atoms with van der Waals surface area (Å²) >= 11 is 0. The summed E-state index contributed by atoms with van der Waals surface area (Å²) in [5.74, 6) is 1.11. The van der Waals surface area contributed by atoms with E-state index in [0.29, 0.717) is 36.2 Å². The molecule has 30 heavy (non-hydrogen) atoms. The van der Waals surface area contributed by atoms with Gasteiger partial charge in [-0.05, 0) is 29.7 Å². The number of nitrogens with one attached hydrogen (secondary N) is 1. The van der Waals surface area contributed by atoms with Gasteiger partial charge in [-0.1, -0.05) is 44.2 Å². The summed E-state index contributed by atoms with van der Waals surface area (Å²) in [6.45, 7) is 7.28. The standard InChI is InChI=1S/C23H27N5O2/c1-16(2)17-8-4-7-11-20(17)27-12-14-28(15-13-27)23(29)26-21-22(30-3)25-19-10-6-5-9-18(19)24-21/h4-11,16H,12-15H2,1-3H3,(H,24,26,29). The summed E-state index contributed by atoms with van der Waals surface area (Å²) in [5.41, 5.74) is 4.04. The number of methoxy groups -OCH3 is 1. The molecule has 7 nitrogen and oxygen atoms in total. The Hall–Kier alpha value is -3.35. The smallest absolute Gasteiger partial charge is 0.323 e. The number of aromatic nitrogens is 2. The molecule has 7 heteroatoms. The number of anilines is 2. The maximum atomic E-state index is 12.9. The molecule has 0 saturated carbocycles. The van der Waals surface area contributed by atoms with Crippen LogP contribution in [0.3, 0.4) is 0 Å². The van der Waals surface area contributed by atoms with E-state index in [0.717, 1.165) is 18.6 Å². The van der Waals surface area contributed by atoms with Crippen molar-refractivity contribution in [1.29, 1.82) is 0 Å². The maximum Gasteiger partial charge on any atom is 0.323 e. The minimum atomic E-state index is -0.185. The van der Waals surface area contributed by atoms with E-state index in [4.69, 9.17) is 4.74 Å². The highest BCUT2D eigenvalue weighted by Gasteiger charge is 2.24. The quantitative estimate of drug-likeness (QED) is 0.707. The minimum absolute atomic E-state index is 0.185. The number of piperazine rings is 1. The van der Waals surface area contributed by atoms with Crippen molar-refractivity contribution in [3.8, 4) is 5.88 Å². The Balaban J connectivity index is 1.45. The number of nitrogens with zero attached hydrogens (tertiary/aromatic N) is 4. The van der Waals surface area contributed by atoms with E-state index >= 15 is 0 Å². The highest BCUT2D eigenvalue weighted by molar-refractivity contribution is 5.91. The van der Waals surface area contributed by atoms with Gasteiger partial charge in [-0.25, -0.2) is 14.8 Å². The van der Waals surface area contributed by atoms with Gasteiger partial charge < -0.3 is 14.5 Å². The summed E-state index contributed by atoms with van der Waals surface area (Å²) in [7, 11) is 1.53. The Labute approximate surface area is 176 Å². The molecule has 1 saturated heterocycles. The zero-order valence-corrected chi connectivity index (χ0v) is 17.6. The lowest BCUT2D eigenvalue weighted by atomic mass is 10.00. The summed E-state index contributed by atoms with van der Waals surface area (Å²) in [6, 6.07) is 15.8. The molecular weight excluding hydrogens is 378 g/mol. The first kappa shape index (κ1) is 19.9. The molecule has 0 radical (unpaired) electrons. The topological polar surface area (TPSA) is 70.6 Å². The largest absolute Gasteiger partial charge is 0.478 e. The van der Waals surface area contributed by atoms with Gasteiger partial charge in [0.25, 0.3) is 5.88 Å². The van der Waals surface area contributed by atoms with E-state index in [2.05, 4.69) is 58.3 Å². The molecule has 2 aromatic carbocycles. The molecule has 2 heterocycles. The molecule has 1 N–H and O–H groups in total. The summed E-state index contributed by atoms with van der Waals surface area (Å²) in [6.07, 6.45) is 0. The lowest BCUT2D eigenvalue weighted by Crippen LogP contribution is -2.50. The van der Waals surface area contributed by atoms with Gasteiger partial charge in [0.15, 0.2) is 5.82 Å². The van der Waals surface area contributed by atoms with E-state index in [9.17, 15) is 4.79 Å². The van der Waals surface area contributed by atoms with Crippen LogP contribution in [-0.2, 0) is 0 Å². The zero-order valence-electron chi connectivity index (χ0n) is 17.6. The molecule has 156 valence electrons. The first-order valence-electron chi connectivity index (χ1n) is 10.3. The second-order valence-electron chi connectivity index (χ2n) is 7.69. The van der Waals surface area contributed by atoms with Gasteiger partial charge >= 0.3 is 6.03 Å². The Morgan fingerprint density at radius 1 is 0.967 bits per heavy atom. The fraction of sp³-hybridized carbons (Fsp3) is 0.348. The summed E-state index contributed by atoms with van der Waals surface area (Å²) in [4.78, 5) is 26.0. The molecule has 3 aromatic rings. The van der Waals surface area contributed by atoms with Crippen molar-refractivity contribution in [2.24, 2.45) is 0 Å². The van der Waals surface area contributed by atoms with Crippen LogP contribution in [0.4, 0.5) is 16.3 Å². The highest BCUT2D eigenvalue weighted by Crippen LogP contribution is 2.28. The third kappa shape index (κ3) is 4.01. The highest BCUT2D eigenvalue weighted by atomic mass is 16.5. The second-order valence-corrected chi connectivity index (χ2v) is 7.69. The van der Waals surface area contributed by atoms with E-state index in [1.165, 1.54) is 18.4 Å². The molecule has 4 rings (SSSR count). The van der Waals surface area contributed by atoms with Crippen molar-refractivity contribution >= 4 is 28.6 Å². The van der Waals surface area contributed by atoms with Crippen molar-refractivity contribution < 1.29 is 9.53 Å². The third-order valence-corrected chi connectivity index (χ3v) is 5.42. The molecule has 2 amide bonds. The lowest BCUT2D eigenvalue weighted by molar-refractivity contribution is 0.208. The monoisotopic (exact) mass is 405 g/mol. The Morgan fingerprint density at radius 2 is 1.60 bits per heavy atom. The SMILES string of the molecule is COc1nc2ccccc2nc1NC(=O)N1CCN(c2ccccc2C(C)C)CC1. The van der Waals surface area contributed by atoms with Gasteiger partial charge in [-0.15, -0.1) is 0 Å². The number of ether oxygens (including phenoxy) is 1. The summed E-state index contributed by atoms with van der Waals surface area (Å²) < 4.78 is 5.34. The molecule has 1 aliphatic heterocycles. The number of para-hydroxylation sites is 3. The third-order valence-electron chi connectivity index (χ3n) is 5.42. The van der Waals surface area contributed by atoms with Gasteiger partial charge in [-0.3, -0.25) is 5.32 Å². The van der Waals surface area contributed by atoms with Crippen molar-refractivity contribution in [2.75, 3.05) is 43.5 Å². The Bertz CT molecular complexity index is 1040. The first-order chi connectivity index (χ1) is 14.6. The zero-order chi connectivity index (χ0) is 21.1. The van der Waals surface area contributed by atoms with Gasteiger partial charge in [0, 0.05) is 31.9 Å². The number of fused-ring (bicyclic) bond motifs is 1. The molecular formula is C23H27N5O2. The average molecular weight is 406 g/mol. The van der Waals surface area contributed by atoms with Crippen LogP contribution in [-0.4, -0.2) is 54.2 Å². The Kier molecular flexibility index (Phi) is 5.70. The first-order valence-corrected chi connectivity index (χ1v) is 10.3. The maximum absolute atomic E-state index is 12.9. The van der Waals surface area contributed by atoms with Crippen LogP contribution in [0.5, 0.6) is 5.88 Å². The van der Waals surface area contributed by atoms with E-state index in [1.54, 1.807) is 0 Å². The number of carbonyl (C=O) groups is 1. The number of carbonyl (C=O) groups excluding carboxylic acids is 1. The predicted molar refractivity (Wildman–Crippen MR) is 119 cm³/mol. The molecule has 1 aliphatic rings. The van der Waals surface area contributed by atoms with Gasteiger partial charge in [-0.2, -0.15) is 0 Å². The van der Waals surface area contributed by atoms with Crippen LogP contribution in [0.25, 0.3) is 11.0 Å². The number of hydrogen-bond donors (Lipinski definition) is 1. The van der Waals surface area contributed by atoms with Gasteiger partial charge in [0.2, 0.25) is 0 Å². The molecule has 1 aromatic heterocycles. The number of amides is 2. The van der Waals surface area contributed by atoms with Crippen LogP contribution in [0.1, 0.15) is 25.3 Å². The molecule has 0 unspecified atom stereocenters. The van der Waals surface area contributed by atoms with Crippen LogP contribution in [0, 0.1) is 0 Å². The average Bonchev–Trinajstić information content (AvgIpc) is 2.78. The molecule has 0 aliphatic carbocycles. The fourth-order valence-corrected chi connectivity index (χ4v) is 3.80. The predicted octanol–water partition coefficient (Wildman–Crippen LogP) is 4.12. The van der Waals surface area contributed by atoms with Gasteiger partial charge in [0.1, 0.15) is 0 Å². The van der Waals surface area contributed by atoms with E-state index in [-0.39, 0.29) is 6.03 Å². The minimum Gasteiger partial charge on any atom is -0.478 e. The Morgan fingerprint density at radius 3 is 2.27 bits per heavy atom. The number of rotatable bonds is 4. The molecule has 0 spiro atoms. The van der Waals surface area contributed by atoms with E-state index in [1.807, 2.05) is 29.2 Å². The van der Waals surface area contributed by atoms with Gasteiger partial charge in [0.05, 0.1) is 18.1 Å². The van der Waals surface area contributed by atoms with Crippen molar-refractivity contribution in [1.82, 2.24) is 14.9 Å². The van der Waals surface area contributed by atoms with Crippen LogP contribution in [0.15, 0.2) is 48.5 Å². The molecule has 0 atom stereocenters. The number of urea groups is 1. The van der Waals surface area contributed by atoms with Crippen LogP contribution < -0.4 is 15.0 Å². The number of benzene rings is 2. The van der Waals surface area contributed by atoms with Crippen LogP contribution >= 0.6 is 0 Å². The number of hydrogen-bond acceptors (Lipinski definition) is 5.